The zero-order valence-electron chi connectivity index (χ0n) is 9.34. The predicted molar refractivity (Wildman–Crippen MR) is 61.7 cm³/mol. The van der Waals surface area contributed by atoms with Gasteiger partial charge < -0.3 is 10.1 Å². The number of hydrogen-bond donors (Lipinski definition) is 1. The van der Waals surface area contributed by atoms with Gasteiger partial charge in [-0.15, -0.1) is 0 Å². The van der Waals surface area contributed by atoms with Gasteiger partial charge >= 0.3 is 0 Å². The molecule has 2 atom stereocenters. The number of ether oxygens (including phenoxy) is 1. The average molecular weight is 266 g/mol. The fraction of sp³-hybridized carbons (Fsp3) is 0.900. The van der Waals surface area contributed by atoms with E-state index in [0.717, 1.165) is 6.42 Å². The monoisotopic (exact) mass is 265 g/mol. The molecule has 3 nitrogen and oxygen atoms in total. The van der Waals surface area contributed by atoms with Crippen LogP contribution in [0.25, 0.3) is 0 Å². The van der Waals surface area contributed by atoms with Gasteiger partial charge in [0, 0.05) is 7.11 Å². The molecule has 0 aromatic carbocycles. The van der Waals surface area contributed by atoms with Crippen LogP contribution in [0.5, 0.6) is 0 Å². The summed E-state index contributed by atoms with van der Waals surface area (Å²) in [6, 6.07) is 0.117. The van der Waals surface area contributed by atoms with Crippen molar-refractivity contribution >= 4 is 21.8 Å². The molecule has 0 rings (SSSR count). The third kappa shape index (κ3) is 4.96. The van der Waals surface area contributed by atoms with E-state index in [9.17, 15) is 4.79 Å². The van der Waals surface area contributed by atoms with Crippen LogP contribution in [-0.2, 0) is 9.53 Å². The van der Waals surface area contributed by atoms with E-state index in [1.54, 1.807) is 7.11 Å². The van der Waals surface area contributed by atoms with E-state index in [4.69, 9.17) is 4.74 Å². The van der Waals surface area contributed by atoms with Crippen molar-refractivity contribution in [1.29, 1.82) is 0 Å². The van der Waals surface area contributed by atoms with Gasteiger partial charge in [-0.25, -0.2) is 0 Å². The quantitative estimate of drug-likeness (QED) is 0.746. The Bertz CT molecular complexity index is 174. The summed E-state index contributed by atoms with van der Waals surface area (Å²) in [5.74, 6) is 0.346. The van der Waals surface area contributed by atoms with Gasteiger partial charge in [0.05, 0.1) is 17.5 Å². The fourth-order valence-corrected chi connectivity index (χ4v) is 1.18. The number of carbonyl (C=O) groups excluding carboxylic acids is 1. The van der Waals surface area contributed by atoms with Crippen molar-refractivity contribution in [1.82, 2.24) is 5.32 Å². The summed E-state index contributed by atoms with van der Waals surface area (Å²) in [4.78, 5) is 11.5. The molecule has 2 unspecified atom stereocenters. The molecule has 0 aromatic rings. The lowest BCUT2D eigenvalue weighted by Gasteiger charge is -2.19. The lowest BCUT2D eigenvalue weighted by atomic mass is 10.1. The molecule has 1 N–H and O–H groups in total. The van der Waals surface area contributed by atoms with Crippen molar-refractivity contribution in [2.24, 2.45) is 5.92 Å². The number of rotatable bonds is 6. The number of halogens is 1. The lowest BCUT2D eigenvalue weighted by molar-refractivity contribution is -0.122. The summed E-state index contributed by atoms with van der Waals surface area (Å²) in [5.41, 5.74) is 0. The minimum absolute atomic E-state index is 0.0453. The van der Waals surface area contributed by atoms with Crippen LogP contribution in [0.1, 0.15) is 27.2 Å². The minimum atomic E-state index is -0.117. The number of hydrogen-bond acceptors (Lipinski definition) is 2. The highest BCUT2D eigenvalue weighted by molar-refractivity contribution is 9.10. The number of carbonyl (C=O) groups is 1. The first-order valence-electron chi connectivity index (χ1n) is 4.96. The Morgan fingerprint density at radius 1 is 1.50 bits per heavy atom. The van der Waals surface area contributed by atoms with Gasteiger partial charge in [-0.1, -0.05) is 36.7 Å². The van der Waals surface area contributed by atoms with Gasteiger partial charge in [-0.2, -0.15) is 0 Å². The van der Waals surface area contributed by atoms with E-state index in [1.165, 1.54) is 0 Å². The van der Waals surface area contributed by atoms with E-state index in [0.29, 0.717) is 12.5 Å². The first kappa shape index (κ1) is 13.9. The van der Waals surface area contributed by atoms with Crippen LogP contribution in [0, 0.1) is 5.92 Å². The molecule has 4 heteroatoms. The first-order chi connectivity index (χ1) is 6.52. The van der Waals surface area contributed by atoms with Crippen LogP contribution in [0.15, 0.2) is 0 Å². The van der Waals surface area contributed by atoms with E-state index >= 15 is 0 Å². The van der Waals surface area contributed by atoms with Crippen molar-refractivity contribution < 1.29 is 9.53 Å². The van der Waals surface area contributed by atoms with Gasteiger partial charge in [0.25, 0.3) is 0 Å². The van der Waals surface area contributed by atoms with Crippen LogP contribution in [-0.4, -0.2) is 30.5 Å². The van der Waals surface area contributed by atoms with Gasteiger partial charge in [-0.3, -0.25) is 4.79 Å². The zero-order chi connectivity index (χ0) is 11.1. The van der Waals surface area contributed by atoms with E-state index in [-0.39, 0.29) is 16.8 Å². The van der Waals surface area contributed by atoms with Gasteiger partial charge in [-0.05, 0) is 12.3 Å². The maximum Gasteiger partial charge on any atom is 0.234 e. The maximum absolute atomic E-state index is 11.6. The molecule has 0 heterocycles. The topological polar surface area (TPSA) is 38.3 Å². The summed E-state index contributed by atoms with van der Waals surface area (Å²) in [7, 11) is 1.64. The highest BCUT2D eigenvalue weighted by Gasteiger charge is 2.20. The van der Waals surface area contributed by atoms with Gasteiger partial charge in [0.1, 0.15) is 0 Å². The Morgan fingerprint density at radius 2 is 2.07 bits per heavy atom. The maximum atomic E-state index is 11.6. The Kier molecular flexibility index (Phi) is 7.19. The van der Waals surface area contributed by atoms with E-state index in [2.05, 4.69) is 21.2 Å². The van der Waals surface area contributed by atoms with Crippen LogP contribution >= 0.6 is 15.9 Å². The molecule has 0 spiro atoms. The van der Waals surface area contributed by atoms with Crippen molar-refractivity contribution in [3.63, 3.8) is 0 Å². The summed E-state index contributed by atoms with van der Waals surface area (Å²) >= 11 is 3.36. The zero-order valence-corrected chi connectivity index (χ0v) is 10.9. The number of alkyl halides is 1. The smallest absolute Gasteiger partial charge is 0.234 e. The third-order valence-corrected chi connectivity index (χ3v) is 3.52. The Hall–Kier alpha value is -0.0900. The highest BCUT2D eigenvalue weighted by Crippen LogP contribution is 2.12. The molecule has 0 saturated heterocycles. The highest BCUT2D eigenvalue weighted by atomic mass is 79.9. The fourth-order valence-electron chi connectivity index (χ4n) is 1.05. The van der Waals surface area contributed by atoms with Crippen molar-refractivity contribution in [2.45, 2.75) is 38.1 Å². The molecule has 0 aliphatic rings. The summed E-state index contributed by atoms with van der Waals surface area (Å²) in [6.45, 7) is 6.62. The number of nitrogens with one attached hydrogen (secondary N) is 1. The van der Waals surface area contributed by atoms with E-state index in [1.807, 2.05) is 20.8 Å². The van der Waals surface area contributed by atoms with E-state index < -0.39 is 0 Å². The van der Waals surface area contributed by atoms with Crippen LogP contribution in [0.3, 0.4) is 0 Å². The Balaban J connectivity index is 4.01. The second kappa shape index (κ2) is 7.23. The first-order valence-corrected chi connectivity index (χ1v) is 5.87. The molecule has 0 bridgehead atoms. The molecule has 0 aliphatic carbocycles. The average Bonchev–Trinajstić information content (AvgIpc) is 2.15. The van der Waals surface area contributed by atoms with Crippen molar-refractivity contribution in [3.8, 4) is 0 Å². The Labute approximate surface area is 94.7 Å². The van der Waals surface area contributed by atoms with Crippen molar-refractivity contribution in [3.05, 3.63) is 0 Å². The van der Waals surface area contributed by atoms with Gasteiger partial charge in [0.2, 0.25) is 5.91 Å². The molecule has 0 radical (unpaired) electrons. The van der Waals surface area contributed by atoms with Crippen LogP contribution in [0.2, 0.25) is 0 Å². The molecule has 1 amide bonds. The largest absolute Gasteiger partial charge is 0.383 e. The van der Waals surface area contributed by atoms with Crippen LogP contribution < -0.4 is 5.32 Å². The molecule has 0 aliphatic heterocycles. The Morgan fingerprint density at radius 3 is 2.43 bits per heavy atom. The predicted octanol–water partition coefficient (Wildman–Crippen LogP) is 1.95. The van der Waals surface area contributed by atoms with Crippen LogP contribution in [0.4, 0.5) is 0 Å². The minimum Gasteiger partial charge on any atom is -0.383 e. The summed E-state index contributed by atoms with van der Waals surface area (Å²) in [5, 5.41) is 2.94. The summed E-state index contributed by atoms with van der Waals surface area (Å²) in [6.07, 6.45) is 0.886. The molecule has 84 valence electrons. The number of amides is 1. The molecule has 0 fully saturated rings. The molecular weight excluding hydrogens is 246 g/mol. The number of methoxy groups -OCH3 is 1. The molecule has 0 aromatic heterocycles. The standard InChI is InChI=1S/C10H20BrNO2/c1-5-8(6-14-4)12-10(13)9(11)7(2)3/h7-9H,5-6H2,1-4H3,(H,12,13). The second-order valence-corrected chi connectivity index (χ2v) is 4.70. The summed E-state index contributed by atoms with van der Waals surface area (Å²) < 4.78 is 5.01. The second-order valence-electron chi connectivity index (χ2n) is 3.71. The normalized spacial score (nSPS) is 15.3. The molecule has 14 heavy (non-hydrogen) atoms. The molecule has 0 saturated carbocycles. The SMILES string of the molecule is CCC(COC)NC(=O)C(Br)C(C)C. The molecular formula is C10H20BrNO2. The van der Waals surface area contributed by atoms with Crippen molar-refractivity contribution in [2.75, 3.05) is 13.7 Å². The third-order valence-electron chi connectivity index (χ3n) is 2.04. The lowest BCUT2D eigenvalue weighted by Crippen LogP contribution is -2.42. The van der Waals surface area contributed by atoms with Gasteiger partial charge in [0.15, 0.2) is 0 Å².